The Morgan fingerprint density at radius 3 is 1.78 bits per heavy atom. The van der Waals surface area contributed by atoms with E-state index in [1.165, 1.54) is 4.57 Å². The number of carbonyl (C=O) groups is 1. The Labute approximate surface area is 240 Å². The van der Waals surface area contributed by atoms with Gasteiger partial charge in [0, 0.05) is 24.7 Å². The quantitative estimate of drug-likeness (QED) is 0.325. The van der Waals surface area contributed by atoms with E-state index in [0.717, 1.165) is 16.5 Å². The number of fused-ring (bicyclic) bond motifs is 1. The molecule has 5 rings (SSSR count). The topological polar surface area (TPSA) is 93.4 Å². The van der Waals surface area contributed by atoms with Gasteiger partial charge in [0.1, 0.15) is 30.0 Å². The summed E-state index contributed by atoms with van der Waals surface area (Å²) >= 11 is 0. The standard InChI is InChI=1S/C33H38N2O6/c1-33(2,3)41-32(38)35-18-27(25-16-10-11-17-26(25)35)34-19-28(36)30(39-21-23-12-6-4-7-13-23)31(29(37)20-34)40-22-24-14-8-5-9-15-24/h4-18,28-31,36-37H,19-22H2,1-3H3/t28-,29-,30-,31-/m1/s1. The highest BCUT2D eigenvalue weighted by Crippen LogP contribution is 2.33. The van der Waals surface area contributed by atoms with Crippen molar-refractivity contribution in [1.29, 1.82) is 0 Å². The van der Waals surface area contributed by atoms with Crippen LogP contribution in [0, 0.1) is 0 Å². The fraction of sp³-hybridized carbons (Fsp3) is 0.364. The van der Waals surface area contributed by atoms with Gasteiger partial charge in [0.15, 0.2) is 0 Å². The first kappa shape index (κ1) is 28.8. The number of ether oxygens (including phenoxy) is 3. The molecule has 1 aromatic heterocycles. The van der Waals surface area contributed by atoms with Crippen LogP contribution in [0.15, 0.2) is 91.1 Å². The van der Waals surface area contributed by atoms with Crippen LogP contribution >= 0.6 is 0 Å². The molecule has 0 bridgehead atoms. The Morgan fingerprint density at radius 2 is 1.27 bits per heavy atom. The number of rotatable bonds is 7. The van der Waals surface area contributed by atoms with Crippen LogP contribution in [0.4, 0.5) is 10.5 Å². The first-order valence-electron chi connectivity index (χ1n) is 13.9. The van der Waals surface area contributed by atoms with Crippen molar-refractivity contribution < 1.29 is 29.2 Å². The zero-order valence-electron chi connectivity index (χ0n) is 23.7. The summed E-state index contributed by atoms with van der Waals surface area (Å²) in [6.45, 7) is 6.34. The molecular formula is C33H38N2O6. The van der Waals surface area contributed by atoms with Crippen molar-refractivity contribution in [2.75, 3.05) is 18.0 Å². The normalized spacial score (nSPS) is 21.5. The van der Waals surface area contributed by atoms with Crippen molar-refractivity contribution in [3.8, 4) is 0 Å². The van der Waals surface area contributed by atoms with Crippen molar-refractivity contribution in [1.82, 2.24) is 4.57 Å². The first-order chi connectivity index (χ1) is 19.7. The highest BCUT2D eigenvalue weighted by atomic mass is 16.6. The number of hydrogen-bond donors (Lipinski definition) is 2. The van der Waals surface area contributed by atoms with E-state index in [4.69, 9.17) is 14.2 Å². The second kappa shape index (κ2) is 12.4. The lowest BCUT2D eigenvalue weighted by atomic mass is 10.0. The third-order valence-electron chi connectivity index (χ3n) is 7.09. The van der Waals surface area contributed by atoms with Gasteiger partial charge in [-0.15, -0.1) is 0 Å². The zero-order chi connectivity index (χ0) is 29.0. The summed E-state index contributed by atoms with van der Waals surface area (Å²) in [5.41, 5.74) is 2.63. The summed E-state index contributed by atoms with van der Waals surface area (Å²) in [5, 5.41) is 23.9. The molecule has 1 fully saturated rings. The van der Waals surface area contributed by atoms with E-state index >= 15 is 0 Å². The minimum absolute atomic E-state index is 0.171. The molecule has 2 N–H and O–H groups in total. The molecule has 1 saturated heterocycles. The number of β-amino-alcohol motifs (C(OH)–C–C–N with tert-alkyl or cyclic N) is 2. The van der Waals surface area contributed by atoms with Gasteiger partial charge in [-0.3, -0.25) is 4.57 Å². The number of nitrogens with zero attached hydrogens (tertiary/aromatic N) is 2. The lowest BCUT2D eigenvalue weighted by Gasteiger charge is -2.30. The number of para-hydroxylation sites is 1. The molecule has 0 aliphatic carbocycles. The van der Waals surface area contributed by atoms with E-state index in [9.17, 15) is 15.0 Å². The fourth-order valence-electron chi connectivity index (χ4n) is 5.19. The average Bonchev–Trinajstić information content (AvgIpc) is 3.29. The molecule has 41 heavy (non-hydrogen) atoms. The van der Waals surface area contributed by atoms with Gasteiger partial charge in [-0.25, -0.2) is 4.79 Å². The third kappa shape index (κ3) is 6.97. The van der Waals surface area contributed by atoms with Gasteiger partial charge >= 0.3 is 6.09 Å². The third-order valence-corrected chi connectivity index (χ3v) is 7.09. The number of hydrogen-bond acceptors (Lipinski definition) is 7. The van der Waals surface area contributed by atoms with Crippen LogP contribution in [0.25, 0.3) is 10.9 Å². The Hall–Kier alpha value is -3.69. The molecule has 1 aliphatic rings. The molecule has 0 radical (unpaired) electrons. The van der Waals surface area contributed by atoms with Crippen molar-refractivity contribution in [2.45, 2.75) is 64.0 Å². The molecule has 1 aliphatic heterocycles. The second-order valence-corrected chi connectivity index (χ2v) is 11.4. The molecule has 0 amide bonds. The second-order valence-electron chi connectivity index (χ2n) is 11.4. The molecule has 3 aromatic carbocycles. The summed E-state index contributed by atoms with van der Waals surface area (Å²) < 4.78 is 19.7. The maximum atomic E-state index is 13.1. The maximum Gasteiger partial charge on any atom is 0.419 e. The Morgan fingerprint density at radius 1 is 0.780 bits per heavy atom. The Kier molecular flexibility index (Phi) is 8.75. The SMILES string of the molecule is CC(C)(C)OC(=O)n1cc(N2C[C@@H](O)[C@@H](OCc3ccccc3)[C@H](OCc3ccccc3)[C@H](O)C2)c2ccccc21. The molecule has 4 atom stereocenters. The molecule has 216 valence electrons. The Balaban J connectivity index is 1.45. The molecule has 0 unspecified atom stereocenters. The predicted octanol–water partition coefficient (Wildman–Crippen LogP) is 5.14. The van der Waals surface area contributed by atoms with Crippen LogP contribution in [0.5, 0.6) is 0 Å². The van der Waals surface area contributed by atoms with Crippen LogP contribution in [-0.4, -0.2) is 64.0 Å². The van der Waals surface area contributed by atoms with Gasteiger partial charge in [0.25, 0.3) is 0 Å². The van der Waals surface area contributed by atoms with Gasteiger partial charge in [-0.05, 0) is 38.0 Å². The van der Waals surface area contributed by atoms with Crippen LogP contribution in [0.3, 0.4) is 0 Å². The largest absolute Gasteiger partial charge is 0.443 e. The summed E-state index contributed by atoms with van der Waals surface area (Å²) in [5.74, 6) is 0. The number of carbonyl (C=O) groups excluding carboxylic acids is 1. The maximum absolute atomic E-state index is 13.1. The van der Waals surface area contributed by atoms with Gasteiger partial charge in [0.05, 0.1) is 24.4 Å². The highest BCUT2D eigenvalue weighted by Gasteiger charge is 2.41. The molecule has 4 aromatic rings. The minimum Gasteiger partial charge on any atom is -0.443 e. The van der Waals surface area contributed by atoms with Crippen molar-refractivity contribution in [2.24, 2.45) is 0 Å². The first-order valence-corrected chi connectivity index (χ1v) is 13.9. The number of aromatic nitrogens is 1. The zero-order valence-corrected chi connectivity index (χ0v) is 23.7. The molecule has 2 heterocycles. The number of benzene rings is 3. The minimum atomic E-state index is -0.986. The van der Waals surface area contributed by atoms with E-state index in [1.807, 2.05) is 111 Å². The van der Waals surface area contributed by atoms with E-state index in [2.05, 4.69) is 0 Å². The summed E-state index contributed by atoms with van der Waals surface area (Å²) in [7, 11) is 0. The van der Waals surface area contributed by atoms with Crippen molar-refractivity contribution in [3.05, 3.63) is 102 Å². The summed E-state index contributed by atoms with van der Waals surface area (Å²) in [6.07, 6.45) is -2.34. The van der Waals surface area contributed by atoms with Crippen LogP contribution in [0.1, 0.15) is 31.9 Å². The lowest BCUT2D eigenvalue weighted by molar-refractivity contribution is -0.155. The molecule has 8 nitrogen and oxygen atoms in total. The number of aliphatic hydroxyl groups is 2. The lowest BCUT2D eigenvalue weighted by Crippen LogP contribution is -2.47. The van der Waals surface area contributed by atoms with Crippen LogP contribution < -0.4 is 4.90 Å². The molecule has 0 saturated carbocycles. The fourth-order valence-corrected chi connectivity index (χ4v) is 5.19. The molecular weight excluding hydrogens is 520 g/mol. The van der Waals surface area contributed by atoms with Gasteiger partial charge < -0.3 is 29.3 Å². The van der Waals surface area contributed by atoms with Crippen LogP contribution in [-0.2, 0) is 27.4 Å². The molecule has 0 spiro atoms. The Bertz CT molecular complexity index is 1380. The van der Waals surface area contributed by atoms with Crippen LogP contribution in [0.2, 0.25) is 0 Å². The predicted molar refractivity (Wildman–Crippen MR) is 158 cm³/mol. The van der Waals surface area contributed by atoms with Crippen molar-refractivity contribution >= 4 is 22.7 Å². The van der Waals surface area contributed by atoms with E-state index in [1.54, 1.807) is 6.20 Å². The van der Waals surface area contributed by atoms with E-state index in [-0.39, 0.29) is 26.3 Å². The van der Waals surface area contributed by atoms with E-state index in [0.29, 0.717) is 11.2 Å². The van der Waals surface area contributed by atoms with Gasteiger partial charge in [-0.1, -0.05) is 78.9 Å². The van der Waals surface area contributed by atoms with E-state index < -0.39 is 36.1 Å². The number of anilines is 1. The summed E-state index contributed by atoms with van der Waals surface area (Å²) in [6, 6.07) is 27.0. The monoisotopic (exact) mass is 558 g/mol. The summed E-state index contributed by atoms with van der Waals surface area (Å²) in [4.78, 5) is 15.0. The number of aliphatic hydroxyl groups excluding tert-OH is 2. The smallest absolute Gasteiger partial charge is 0.419 e. The highest BCUT2D eigenvalue weighted by molar-refractivity contribution is 5.99. The van der Waals surface area contributed by atoms with Gasteiger partial charge in [-0.2, -0.15) is 0 Å². The van der Waals surface area contributed by atoms with Crippen molar-refractivity contribution in [3.63, 3.8) is 0 Å². The average molecular weight is 559 g/mol. The molecule has 8 heteroatoms. The van der Waals surface area contributed by atoms with Gasteiger partial charge in [0.2, 0.25) is 0 Å².